The molecule has 5 heteroatoms. The number of hydrogen-bond donors (Lipinski definition) is 2. The molecule has 74 valence electrons. The van der Waals surface area contributed by atoms with E-state index in [1.807, 2.05) is 0 Å². The minimum Gasteiger partial charge on any atom is -0.389 e. The van der Waals surface area contributed by atoms with Crippen molar-refractivity contribution in [2.75, 3.05) is 20.3 Å². The molecule has 2 N–H and O–H groups in total. The van der Waals surface area contributed by atoms with Crippen molar-refractivity contribution < 1.29 is 14.6 Å². The summed E-state index contributed by atoms with van der Waals surface area (Å²) in [7, 11) is 1.46. The average Bonchev–Trinajstić information content (AvgIpc) is 2.13. The normalized spacial score (nSPS) is 14.3. The highest BCUT2D eigenvalue weighted by atomic mass is 16.5. The smallest absolute Gasteiger partial charge is 0.237 e. The number of nitriles is 1. The minimum atomic E-state index is -0.722. The molecule has 0 bridgehead atoms. The molecule has 2 atom stereocenters. The van der Waals surface area contributed by atoms with Gasteiger partial charge in [0.25, 0.3) is 0 Å². The topological polar surface area (TPSA) is 82.3 Å². The molecule has 1 amide bonds. The first-order valence-corrected chi connectivity index (χ1v) is 3.96. The molecule has 0 fully saturated rings. The first-order valence-electron chi connectivity index (χ1n) is 3.96. The Morgan fingerprint density at radius 3 is 2.85 bits per heavy atom. The van der Waals surface area contributed by atoms with E-state index in [-0.39, 0.29) is 19.1 Å². The maximum absolute atomic E-state index is 11.0. The van der Waals surface area contributed by atoms with Gasteiger partial charge >= 0.3 is 0 Å². The summed E-state index contributed by atoms with van der Waals surface area (Å²) in [5.41, 5.74) is 0. The fourth-order valence-electron chi connectivity index (χ4n) is 0.681. The van der Waals surface area contributed by atoms with Crippen LogP contribution in [0.25, 0.3) is 0 Å². The summed E-state index contributed by atoms with van der Waals surface area (Å²) in [6, 6.07) is 1.80. The van der Waals surface area contributed by atoms with Gasteiger partial charge < -0.3 is 15.2 Å². The van der Waals surface area contributed by atoms with Crippen molar-refractivity contribution in [2.45, 2.75) is 13.0 Å². The Kier molecular flexibility index (Phi) is 5.85. The summed E-state index contributed by atoms with van der Waals surface area (Å²) in [4.78, 5) is 11.0. The van der Waals surface area contributed by atoms with Gasteiger partial charge in [0.15, 0.2) is 0 Å². The quantitative estimate of drug-likeness (QED) is 0.593. The van der Waals surface area contributed by atoms with E-state index in [0.717, 1.165) is 0 Å². The van der Waals surface area contributed by atoms with Gasteiger partial charge in [-0.25, -0.2) is 0 Å². The van der Waals surface area contributed by atoms with Crippen molar-refractivity contribution in [1.29, 1.82) is 5.26 Å². The van der Waals surface area contributed by atoms with E-state index < -0.39 is 12.0 Å². The van der Waals surface area contributed by atoms with Crippen LogP contribution in [0.1, 0.15) is 6.92 Å². The number of aliphatic hydroxyl groups excluding tert-OH is 1. The molecule has 0 aliphatic carbocycles. The van der Waals surface area contributed by atoms with Crippen molar-refractivity contribution >= 4 is 5.91 Å². The van der Waals surface area contributed by atoms with Crippen molar-refractivity contribution in [1.82, 2.24) is 5.32 Å². The van der Waals surface area contributed by atoms with E-state index in [4.69, 9.17) is 10.4 Å². The third-order valence-electron chi connectivity index (χ3n) is 1.46. The summed E-state index contributed by atoms with van der Waals surface area (Å²) in [6.45, 7) is 1.78. The van der Waals surface area contributed by atoms with Gasteiger partial charge in [-0.05, 0) is 6.92 Å². The number of aliphatic hydroxyl groups is 1. The summed E-state index contributed by atoms with van der Waals surface area (Å²) in [5, 5.41) is 19.9. The van der Waals surface area contributed by atoms with Crippen molar-refractivity contribution in [3.8, 4) is 6.07 Å². The van der Waals surface area contributed by atoms with Gasteiger partial charge in [-0.2, -0.15) is 5.26 Å². The highest BCUT2D eigenvalue weighted by Crippen LogP contribution is 1.91. The summed E-state index contributed by atoms with van der Waals surface area (Å²) in [5.74, 6) is -1.06. The fraction of sp³-hybridized carbons (Fsp3) is 0.750. The van der Waals surface area contributed by atoms with Gasteiger partial charge in [0.2, 0.25) is 5.91 Å². The van der Waals surface area contributed by atoms with Gasteiger partial charge in [-0.1, -0.05) is 0 Å². The van der Waals surface area contributed by atoms with Gasteiger partial charge in [0, 0.05) is 13.7 Å². The molecule has 0 aliphatic rings. The van der Waals surface area contributed by atoms with Crippen molar-refractivity contribution in [2.24, 2.45) is 5.92 Å². The maximum atomic E-state index is 11.0. The number of rotatable bonds is 5. The Morgan fingerprint density at radius 2 is 2.38 bits per heavy atom. The zero-order valence-corrected chi connectivity index (χ0v) is 7.78. The number of nitrogens with one attached hydrogen (secondary N) is 1. The Balaban J connectivity index is 3.65. The second kappa shape index (κ2) is 6.40. The Morgan fingerprint density at radius 1 is 1.77 bits per heavy atom. The van der Waals surface area contributed by atoms with Gasteiger partial charge in [-0.3, -0.25) is 4.79 Å². The summed E-state index contributed by atoms with van der Waals surface area (Å²) in [6.07, 6.45) is -0.722. The van der Waals surface area contributed by atoms with E-state index in [0.29, 0.717) is 0 Å². The van der Waals surface area contributed by atoms with Crippen LogP contribution in [0.5, 0.6) is 0 Å². The first kappa shape index (κ1) is 11.9. The molecule has 0 aromatic rings. The van der Waals surface area contributed by atoms with Crippen LogP contribution < -0.4 is 5.32 Å². The lowest BCUT2D eigenvalue weighted by atomic mass is 10.2. The van der Waals surface area contributed by atoms with E-state index in [1.165, 1.54) is 14.0 Å². The van der Waals surface area contributed by atoms with Crippen LogP contribution in [0.15, 0.2) is 0 Å². The lowest BCUT2D eigenvalue weighted by Crippen LogP contribution is -2.36. The van der Waals surface area contributed by atoms with Crippen LogP contribution in [-0.2, 0) is 9.53 Å². The van der Waals surface area contributed by atoms with Crippen LogP contribution in [-0.4, -0.2) is 37.4 Å². The van der Waals surface area contributed by atoms with Crippen LogP contribution in [0.4, 0.5) is 0 Å². The molecule has 0 spiro atoms. The number of hydrogen-bond acceptors (Lipinski definition) is 4. The molecule has 0 saturated heterocycles. The fourth-order valence-corrected chi connectivity index (χ4v) is 0.681. The monoisotopic (exact) mass is 186 g/mol. The molecule has 2 unspecified atom stereocenters. The second-order valence-electron chi connectivity index (χ2n) is 2.71. The van der Waals surface area contributed by atoms with Gasteiger partial charge in [0.05, 0.1) is 18.8 Å². The minimum absolute atomic E-state index is 0.110. The molecule has 5 nitrogen and oxygen atoms in total. The Hall–Kier alpha value is -1.12. The Labute approximate surface area is 77.3 Å². The van der Waals surface area contributed by atoms with Crippen LogP contribution in [0.2, 0.25) is 0 Å². The lowest BCUT2D eigenvalue weighted by molar-refractivity contribution is -0.123. The highest BCUT2D eigenvalue weighted by Gasteiger charge is 2.12. The molecule has 13 heavy (non-hydrogen) atoms. The second-order valence-corrected chi connectivity index (χ2v) is 2.71. The molecular formula is C8H14N2O3. The van der Waals surface area contributed by atoms with Crippen LogP contribution in [0.3, 0.4) is 0 Å². The predicted octanol–water partition coefficient (Wildman–Crippen LogP) is -0.730. The standard InChI is InChI=1S/C8H14N2O3/c1-6(3-9)8(12)10-4-7(11)5-13-2/h6-7,11H,4-5H2,1-2H3,(H,10,12). The highest BCUT2D eigenvalue weighted by molar-refractivity contribution is 5.80. The number of nitrogens with zero attached hydrogens (tertiary/aromatic N) is 1. The molecule has 0 rings (SSSR count). The molecular weight excluding hydrogens is 172 g/mol. The molecule has 0 radical (unpaired) electrons. The summed E-state index contributed by atoms with van der Waals surface area (Å²) >= 11 is 0. The van der Waals surface area contributed by atoms with Gasteiger partial charge in [-0.15, -0.1) is 0 Å². The number of amides is 1. The van der Waals surface area contributed by atoms with Crippen molar-refractivity contribution in [3.63, 3.8) is 0 Å². The first-order chi connectivity index (χ1) is 6.11. The average molecular weight is 186 g/mol. The largest absolute Gasteiger partial charge is 0.389 e. The molecule has 0 aliphatic heterocycles. The third kappa shape index (κ3) is 5.17. The number of carbonyl (C=O) groups is 1. The molecule has 0 aromatic carbocycles. The maximum Gasteiger partial charge on any atom is 0.237 e. The van der Waals surface area contributed by atoms with Gasteiger partial charge in [0.1, 0.15) is 5.92 Å². The molecule has 0 heterocycles. The number of ether oxygens (including phenoxy) is 1. The van der Waals surface area contributed by atoms with E-state index in [2.05, 4.69) is 10.1 Å². The van der Waals surface area contributed by atoms with E-state index in [9.17, 15) is 4.79 Å². The van der Waals surface area contributed by atoms with E-state index in [1.54, 1.807) is 6.07 Å². The zero-order valence-electron chi connectivity index (χ0n) is 7.78. The van der Waals surface area contributed by atoms with Crippen LogP contribution >= 0.6 is 0 Å². The number of methoxy groups -OCH3 is 1. The van der Waals surface area contributed by atoms with Crippen LogP contribution in [0, 0.1) is 17.2 Å². The lowest BCUT2D eigenvalue weighted by Gasteiger charge is -2.11. The van der Waals surface area contributed by atoms with Crippen molar-refractivity contribution in [3.05, 3.63) is 0 Å². The molecule has 0 aromatic heterocycles. The predicted molar refractivity (Wildman–Crippen MR) is 45.7 cm³/mol. The summed E-state index contributed by atoms with van der Waals surface area (Å²) < 4.78 is 4.66. The number of carbonyl (C=O) groups excluding carboxylic acids is 1. The third-order valence-corrected chi connectivity index (χ3v) is 1.46. The Bertz CT molecular complexity index is 200. The zero-order chi connectivity index (χ0) is 10.3. The van der Waals surface area contributed by atoms with E-state index >= 15 is 0 Å². The molecule has 0 saturated carbocycles. The SMILES string of the molecule is COCC(O)CNC(=O)C(C)C#N.